The van der Waals surface area contributed by atoms with Gasteiger partial charge in [0.05, 0.1) is 5.56 Å². The van der Waals surface area contributed by atoms with E-state index in [0.29, 0.717) is 23.6 Å². The molecule has 1 aromatic rings. The van der Waals surface area contributed by atoms with Crippen molar-refractivity contribution in [2.45, 2.75) is 57.2 Å². The number of carbonyl (C=O) groups is 1. The van der Waals surface area contributed by atoms with Crippen molar-refractivity contribution in [1.82, 2.24) is 5.32 Å². The number of hydrogen-bond donors (Lipinski definition) is 1. The first-order valence-electron chi connectivity index (χ1n) is 7.76. The monoisotopic (exact) mass is 309 g/mol. The summed E-state index contributed by atoms with van der Waals surface area (Å²) in [5, 5.41) is 3.67. The smallest absolute Gasteiger partial charge is 0.338 e. The molecular weight excluding hydrogens is 286 g/mol. The first-order valence-corrected chi connectivity index (χ1v) is 7.76. The van der Waals surface area contributed by atoms with Crippen molar-refractivity contribution in [3.05, 3.63) is 35.9 Å². The lowest BCUT2D eigenvalue weighted by Gasteiger charge is -2.43. The molecule has 4 heteroatoms. The van der Waals surface area contributed by atoms with E-state index >= 15 is 0 Å². The maximum absolute atomic E-state index is 12.2. The summed E-state index contributed by atoms with van der Waals surface area (Å²) in [5.41, 5.74) is 0.659. The minimum Gasteiger partial charge on any atom is -0.458 e. The molecule has 0 aromatic heterocycles. The van der Waals surface area contributed by atoms with Crippen molar-refractivity contribution >= 4 is 18.4 Å². The van der Waals surface area contributed by atoms with Crippen LogP contribution in [0.2, 0.25) is 0 Å². The lowest BCUT2D eigenvalue weighted by atomic mass is 9.76. The predicted octanol–water partition coefficient (Wildman–Crippen LogP) is 3.57. The summed E-state index contributed by atoms with van der Waals surface area (Å²) in [6.07, 6.45) is 5.81. The molecule has 4 atom stereocenters. The summed E-state index contributed by atoms with van der Waals surface area (Å²) >= 11 is 0. The molecule has 1 aliphatic carbocycles. The molecule has 1 aromatic carbocycles. The standard InChI is InChI=1S/C17H23NO2.ClH/c1-12-10-11-14-15(18-12)8-5-9-16(14)20-17(19)13-6-3-2-4-7-13;/h2-4,6-7,12,14-16,18H,5,8-11H2,1H3;1H/t12-,14+,15?,16?;/m1./s1. The fourth-order valence-electron chi connectivity index (χ4n) is 3.64. The predicted molar refractivity (Wildman–Crippen MR) is 85.9 cm³/mol. The van der Waals surface area contributed by atoms with E-state index in [1.54, 1.807) is 0 Å². The van der Waals surface area contributed by atoms with E-state index in [1.165, 1.54) is 19.3 Å². The minimum absolute atomic E-state index is 0. The number of benzene rings is 1. The van der Waals surface area contributed by atoms with Gasteiger partial charge in [-0.2, -0.15) is 0 Å². The Kier molecular flexibility index (Phi) is 5.65. The van der Waals surface area contributed by atoms with Crippen molar-refractivity contribution in [3.63, 3.8) is 0 Å². The maximum atomic E-state index is 12.2. The van der Waals surface area contributed by atoms with Crippen LogP contribution >= 0.6 is 12.4 Å². The van der Waals surface area contributed by atoms with Crippen molar-refractivity contribution in [3.8, 4) is 0 Å². The van der Waals surface area contributed by atoms with Gasteiger partial charge in [-0.25, -0.2) is 4.79 Å². The van der Waals surface area contributed by atoms with Crippen LogP contribution in [0.3, 0.4) is 0 Å². The van der Waals surface area contributed by atoms with Gasteiger partial charge in [0.25, 0.3) is 0 Å². The van der Waals surface area contributed by atoms with Crippen LogP contribution in [-0.2, 0) is 4.74 Å². The molecule has 116 valence electrons. The number of fused-ring (bicyclic) bond motifs is 1. The van der Waals surface area contributed by atoms with Crippen LogP contribution in [0.25, 0.3) is 0 Å². The zero-order valence-corrected chi connectivity index (χ0v) is 13.3. The number of halogens is 1. The van der Waals surface area contributed by atoms with Crippen LogP contribution in [-0.4, -0.2) is 24.2 Å². The van der Waals surface area contributed by atoms with E-state index in [0.717, 1.165) is 12.8 Å². The Hall–Kier alpha value is -1.06. The largest absolute Gasteiger partial charge is 0.458 e. The number of rotatable bonds is 2. The molecular formula is C17H24ClNO2. The second kappa shape index (κ2) is 7.28. The normalized spacial score (nSPS) is 31.7. The van der Waals surface area contributed by atoms with Crippen molar-refractivity contribution in [2.75, 3.05) is 0 Å². The molecule has 2 aliphatic rings. The molecule has 0 spiro atoms. The van der Waals surface area contributed by atoms with Gasteiger partial charge in [-0.1, -0.05) is 18.2 Å². The van der Waals surface area contributed by atoms with Gasteiger partial charge in [0.2, 0.25) is 0 Å². The number of ether oxygens (including phenoxy) is 1. The zero-order valence-electron chi connectivity index (χ0n) is 12.5. The summed E-state index contributed by atoms with van der Waals surface area (Å²) < 4.78 is 5.80. The molecule has 2 fully saturated rings. The molecule has 1 heterocycles. The number of piperidine rings is 1. The van der Waals surface area contributed by atoms with E-state index in [-0.39, 0.29) is 24.5 Å². The molecule has 0 radical (unpaired) electrons. The van der Waals surface area contributed by atoms with Crippen LogP contribution in [0.5, 0.6) is 0 Å². The Bertz CT molecular complexity index is 465. The average Bonchev–Trinajstić information content (AvgIpc) is 2.48. The summed E-state index contributed by atoms with van der Waals surface area (Å²) in [4.78, 5) is 12.2. The number of carbonyl (C=O) groups excluding carboxylic acids is 1. The summed E-state index contributed by atoms with van der Waals surface area (Å²) in [6.45, 7) is 2.25. The molecule has 21 heavy (non-hydrogen) atoms. The molecule has 3 nitrogen and oxygen atoms in total. The first kappa shape index (κ1) is 16.3. The third-order valence-corrected chi connectivity index (χ3v) is 4.70. The third-order valence-electron chi connectivity index (χ3n) is 4.70. The quantitative estimate of drug-likeness (QED) is 0.849. The minimum atomic E-state index is -0.171. The van der Waals surface area contributed by atoms with Crippen molar-refractivity contribution in [1.29, 1.82) is 0 Å². The van der Waals surface area contributed by atoms with Crippen LogP contribution < -0.4 is 5.32 Å². The van der Waals surface area contributed by atoms with E-state index in [4.69, 9.17) is 4.74 Å². The molecule has 2 unspecified atom stereocenters. The lowest BCUT2D eigenvalue weighted by molar-refractivity contribution is -0.0176. The molecule has 1 saturated heterocycles. The second-order valence-electron chi connectivity index (χ2n) is 6.16. The zero-order chi connectivity index (χ0) is 13.9. The van der Waals surface area contributed by atoms with Crippen molar-refractivity contribution < 1.29 is 9.53 Å². The Morgan fingerprint density at radius 3 is 2.67 bits per heavy atom. The Morgan fingerprint density at radius 1 is 1.14 bits per heavy atom. The second-order valence-corrected chi connectivity index (χ2v) is 6.16. The number of esters is 1. The van der Waals surface area contributed by atoms with Crippen LogP contribution in [0.15, 0.2) is 30.3 Å². The lowest BCUT2D eigenvalue weighted by Crippen LogP contribution is -2.53. The highest BCUT2D eigenvalue weighted by Crippen LogP contribution is 2.34. The molecule has 1 N–H and O–H groups in total. The van der Waals surface area contributed by atoms with E-state index < -0.39 is 0 Å². The van der Waals surface area contributed by atoms with Crippen LogP contribution in [0, 0.1) is 5.92 Å². The fraction of sp³-hybridized carbons (Fsp3) is 0.588. The average molecular weight is 310 g/mol. The highest BCUT2D eigenvalue weighted by Gasteiger charge is 2.38. The van der Waals surface area contributed by atoms with Gasteiger partial charge in [0, 0.05) is 18.0 Å². The van der Waals surface area contributed by atoms with Crippen LogP contribution in [0.1, 0.15) is 49.4 Å². The molecule has 0 amide bonds. The molecule has 1 saturated carbocycles. The van der Waals surface area contributed by atoms with Crippen LogP contribution in [0.4, 0.5) is 0 Å². The van der Waals surface area contributed by atoms with Gasteiger partial charge in [0.15, 0.2) is 0 Å². The molecule has 3 rings (SSSR count). The Morgan fingerprint density at radius 2 is 1.90 bits per heavy atom. The fourth-order valence-corrected chi connectivity index (χ4v) is 3.64. The highest BCUT2D eigenvalue weighted by molar-refractivity contribution is 5.89. The van der Waals surface area contributed by atoms with E-state index in [2.05, 4.69) is 12.2 Å². The van der Waals surface area contributed by atoms with Gasteiger partial charge in [-0.15, -0.1) is 12.4 Å². The Balaban J connectivity index is 0.00000161. The SMILES string of the molecule is C[C@@H]1CC[C@H]2C(CCCC2OC(=O)c2ccccc2)N1.Cl. The summed E-state index contributed by atoms with van der Waals surface area (Å²) in [6, 6.07) is 10.4. The van der Waals surface area contributed by atoms with Gasteiger partial charge < -0.3 is 10.1 Å². The van der Waals surface area contributed by atoms with E-state index in [9.17, 15) is 4.79 Å². The summed E-state index contributed by atoms with van der Waals surface area (Å²) in [5.74, 6) is 0.322. The Labute approximate surface area is 132 Å². The van der Waals surface area contributed by atoms with Crippen molar-refractivity contribution in [2.24, 2.45) is 5.92 Å². The topological polar surface area (TPSA) is 38.3 Å². The van der Waals surface area contributed by atoms with Gasteiger partial charge in [-0.05, 0) is 51.2 Å². The number of nitrogens with one attached hydrogen (secondary N) is 1. The molecule has 0 bridgehead atoms. The number of hydrogen-bond acceptors (Lipinski definition) is 3. The summed E-state index contributed by atoms with van der Waals surface area (Å²) in [7, 11) is 0. The maximum Gasteiger partial charge on any atom is 0.338 e. The van der Waals surface area contributed by atoms with E-state index in [1.807, 2.05) is 30.3 Å². The highest BCUT2D eigenvalue weighted by atomic mass is 35.5. The van der Waals surface area contributed by atoms with Gasteiger partial charge in [-0.3, -0.25) is 0 Å². The molecule has 1 aliphatic heterocycles. The van der Waals surface area contributed by atoms with Gasteiger partial charge >= 0.3 is 5.97 Å². The third kappa shape index (κ3) is 3.78. The van der Waals surface area contributed by atoms with Gasteiger partial charge in [0.1, 0.15) is 6.10 Å². The first-order chi connectivity index (χ1) is 9.74.